The molecule has 0 fully saturated rings. The molecule has 0 saturated carbocycles. The molecule has 0 spiro atoms. The molecule has 206 valence electrons. The Morgan fingerprint density at radius 2 is 1.76 bits per heavy atom. The van der Waals surface area contributed by atoms with E-state index in [1.165, 1.54) is 13.3 Å². The number of carbonyl (C=O) groups is 2. The predicted molar refractivity (Wildman–Crippen MR) is 159 cm³/mol. The van der Waals surface area contributed by atoms with Crippen LogP contribution in [-0.4, -0.2) is 36.8 Å². The van der Waals surface area contributed by atoms with Gasteiger partial charge in [0.1, 0.15) is 11.4 Å². The second-order valence-corrected chi connectivity index (χ2v) is 9.25. The van der Waals surface area contributed by atoms with E-state index in [-0.39, 0.29) is 5.75 Å². The number of carbonyl (C=O) groups excluding carboxylic acids is 2. The van der Waals surface area contributed by atoms with E-state index in [2.05, 4.69) is 15.5 Å². The lowest BCUT2D eigenvalue weighted by molar-refractivity contribution is 0.0729. The molecule has 0 atom stereocenters. The van der Waals surface area contributed by atoms with E-state index < -0.39 is 11.9 Å². The lowest BCUT2D eigenvalue weighted by Gasteiger charge is -2.10. The van der Waals surface area contributed by atoms with Crippen LogP contribution in [0.1, 0.15) is 38.9 Å². The molecule has 0 aliphatic heterocycles. The zero-order chi connectivity index (χ0) is 28.8. The number of aromatic amines is 1. The topological polar surface area (TPSA) is 102 Å². The summed E-state index contributed by atoms with van der Waals surface area (Å²) >= 11 is 0. The number of benzene rings is 4. The van der Waals surface area contributed by atoms with E-state index in [0.29, 0.717) is 29.2 Å². The maximum Gasteiger partial charge on any atom is 0.343 e. The molecule has 5 rings (SSSR count). The van der Waals surface area contributed by atoms with Gasteiger partial charge >= 0.3 is 5.97 Å². The highest BCUT2D eigenvalue weighted by Gasteiger charge is 2.20. The van der Waals surface area contributed by atoms with Crippen LogP contribution in [0.3, 0.4) is 0 Å². The molecule has 0 unspecified atom stereocenters. The van der Waals surface area contributed by atoms with Crippen molar-refractivity contribution >= 4 is 29.0 Å². The van der Waals surface area contributed by atoms with Crippen molar-refractivity contribution in [1.82, 2.24) is 10.4 Å². The number of aromatic nitrogens is 1. The Kier molecular flexibility index (Phi) is 8.10. The number of ether oxygens (including phenoxy) is 3. The van der Waals surface area contributed by atoms with Crippen molar-refractivity contribution in [2.75, 3.05) is 13.7 Å². The summed E-state index contributed by atoms with van der Waals surface area (Å²) in [6.45, 7) is 4.38. The quantitative estimate of drug-likeness (QED) is 0.0945. The van der Waals surface area contributed by atoms with Crippen molar-refractivity contribution in [2.45, 2.75) is 13.8 Å². The summed E-state index contributed by atoms with van der Waals surface area (Å²) in [5, 5.41) is 5.03. The monoisotopic (exact) mass is 547 g/mol. The minimum absolute atomic E-state index is 0.275. The van der Waals surface area contributed by atoms with Crippen LogP contribution in [0.4, 0.5) is 0 Å². The Morgan fingerprint density at radius 3 is 2.51 bits per heavy atom. The lowest BCUT2D eigenvalue weighted by Crippen LogP contribution is -2.18. The zero-order valence-electron chi connectivity index (χ0n) is 22.9. The van der Waals surface area contributed by atoms with Crippen LogP contribution >= 0.6 is 0 Å². The van der Waals surface area contributed by atoms with Gasteiger partial charge in [0.15, 0.2) is 11.5 Å². The van der Waals surface area contributed by atoms with Crippen molar-refractivity contribution in [3.8, 4) is 28.4 Å². The summed E-state index contributed by atoms with van der Waals surface area (Å²) in [6.07, 6.45) is 1.49. The van der Waals surface area contributed by atoms with Crippen LogP contribution < -0.4 is 19.6 Å². The number of methoxy groups -OCH3 is 1. The molecule has 1 amide bonds. The fourth-order valence-corrected chi connectivity index (χ4v) is 4.50. The molecule has 8 heteroatoms. The van der Waals surface area contributed by atoms with Crippen LogP contribution in [0.2, 0.25) is 0 Å². The largest absolute Gasteiger partial charge is 0.494 e. The van der Waals surface area contributed by atoms with Gasteiger partial charge in [-0.05, 0) is 73.5 Å². The number of hydrogen-bond donors (Lipinski definition) is 2. The summed E-state index contributed by atoms with van der Waals surface area (Å²) in [5.74, 6) is 0.472. The van der Waals surface area contributed by atoms with Crippen molar-refractivity contribution in [3.63, 3.8) is 0 Å². The number of rotatable bonds is 9. The normalized spacial score (nSPS) is 11.0. The number of nitrogens with one attached hydrogen (secondary N) is 2. The maximum absolute atomic E-state index is 13.3. The van der Waals surface area contributed by atoms with Gasteiger partial charge in [-0.2, -0.15) is 5.10 Å². The predicted octanol–water partition coefficient (Wildman–Crippen LogP) is 6.53. The summed E-state index contributed by atoms with van der Waals surface area (Å²) in [7, 11) is 1.49. The van der Waals surface area contributed by atoms with Crippen LogP contribution in [0, 0.1) is 6.92 Å². The number of hydrazone groups is 1. The molecule has 5 aromatic rings. The third-order valence-electron chi connectivity index (χ3n) is 6.39. The second-order valence-electron chi connectivity index (χ2n) is 9.25. The van der Waals surface area contributed by atoms with Crippen LogP contribution in [0.25, 0.3) is 22.0 Å². The van der Waals surface area contributed by atoms with Gasteiger partial charge in [0.25, 0.3) is 5.91 Å². The van der Waals surface area contributed by atoms with Gasteiger partial charge in [0.05, 0.1) is 25.5 Å². The van der Waals surface area contributed by atoms with E-state index in [1.807, 2.05) is 68.4 Å². The summed E-state index contributed by atoms with van der Waals surface area (Å²) in [5.41, 5.74) is 7.49. The number of fused-ring (bicyclic) bond motifs is 1. The Labute approximate surface area is 237 Å². The van der Waals surface area contributed by atoms with E-state index in [1.54, 1.807) is 36.4 Å². The number of amides is 1. The van der Waals surface area contributed by atoms with Gasteiger partial charge in [0, 0.05) is 16.5 Å². The Balaban J connectivity index is 1.36. The summed E-state index contributed by atoms with van der Waals surface area (Å²) < 4.78 is 16.7. The van der Waals surface area contributed by atoms with Crippen molar-refractivity contribution in [2.24, 2.45) is 5.10 Å². The van der Waals surface area contributed by atoms with Crippen LogP contribution in [-0.2, 0) is 0 Å². The van der Waals surface area contributed by atoms with Crippen LogP contribution in [0.5, 0.6) is 17.2 Å². The first-order valence-corrected chi connectivity index (χ1v) is 13.1. The van der Waals surface area contributed by atoms with E-state index in [4.69, 9.17) is 14.2 Å². The molecule has 0 aliphatic carbocycles. The van der Waals surface area contributed by atoms with Gasteiger partial charge in [-0.1, -0.05) is 48.0 Å². The Hall–Kier alpha value is -5.37. The number of aryl methyl sites for hydroxylation is 1. The Bertz CT molecular complexity index is 1740. The first-order chi connectivity index (χ1) is 20.0. The van der Waals surface area contributed by atoms with Crippen molar-refractivity contribution in [3.05, 3.63) is 113 Å². The van der Waals surface area contributed by atoms with Gasteiger partial charge in [-0.25, -0.2) is 10.2 Å². The number of hydrogen-bond acceptors (Lipinski definition) is 6. The fraction of sp³-hybridized carbons (Fsp3) is 0.121. The molecular formula is C33H29N3O5. The Morgan fingerprint density at radius 1 is 0.927 bits per heavy atom. The molecule has 1 heterocycles. The highest BCUT2D eigenvalue weighted by Crippen LogP contribution is 2.35. The molecule has 2 N–H and O–H groups in total. The minimum Gasteiger partial charge on any atom is -0.494 e. The second kappa shape index (κ2) is 12.2. The SMILES string of the molecule is CCOc1ccc2[nH]c(C(=O)NN=Cc3ccc(OC(=O)c4cccc(C)c4)c(OC)c3)c(-c3ccccc3)c2c1. The third kappa shape index (κ3) is 6.12. The number of H-pyrrole nitrogens is 1. The van der Waals surface area contributed by atoms with E-state index >= 15 is 0 Å². The van der Waals surface area contributed by atoms with Gasteiger partial charge in [-0.15, -0.1) is 0 Å². The van der Waals surface area contributed by atoms with Crippen LogP contribution in [0.15, 0.2) is 96.1 Å². The summed E-state index contributed by atoms with van der Waals surface area (Å²) in [4.78, 5) is 29.1. The molecule has 0 bridgehead atoms. The molecule has 8 nitrogen and oxygen atoms in total. The van der Waals surface area contributed by atoms with Gasteiger partial charge in [0.2, 0.25) is 0 Å². The molecule has 41 heavy (non-hydrogen) atoms. The molecule has 0 aliphatic rings. The molecule has 0 radical (unpaired) electrons. The van der Waals surface area contributed by atoms with Crippen molar-refractivity contribution < 1.29 is 23.8 Å². The third-order valence-corrected chi connectivity index (χ3v) is 6.39. The number of esters is 1. The first-order valence-electron chi connectivity index (χ1n) is 13.1. The molecular weight excluding hydrogens is 518 g/mol. The highest BCUT2D eigenvalue weighted by atomic mass is 16.6. The molecule has 0 saturated heterocycles. The minimum atomic E-state index is -0.485. The molecule has 1 aromatic heterocycles. The maximum atomic E-state index is 13.3. The fourth-order valence-electron chi connectivity index (χ4n) is 4.50. The average molecular weight is 548 g/mol. The smallest absolute Gasteiger partial charge is 0.343 e. The standard InChI is InChI=1S/C33H29N3O5/c1-4-40-25-14-15-27-26(19-25)30(23-10-6-5-7-11-23)31(35-27)32(37)36-34-20-22-13-16-28(29(18-22)39-3)41-33(38)24-12-8-9-21(2)17-24/h5-20,35H,4H2,1-3H3,(H,36,37). The van der Waals surface area contributed by atoms with E-state index in [9.17, 15) is 9.59 Å². The van der Waals surface area contributed by atoms with E-state index in [0.717, 1.165) is 33.3 Å². The average Bonchev–Trinajstić information content (AvgIpc) is 3.37. The number of nitrogens with zero attached hydrogens (tertiary/aromatic N) is 1. The highest BCUT2D eigenvalue weighted by molar-refractivity contribution is 6.10. The van der Waals surface area contributed by atoms with Gasteiger partial charge < -0.3 is 19.2 Å². The lowest BCUT2D eigenvalue weighted by atomic mass is 10.0. The zero-order valence-corrected chi connectivity index (χ0v) is 22.9. The first kappa shape index (κ1) is 27.2. The van der Waals surface area contributed by atoms with Crippen molar-refractivity contribution in [1.29, 1.82) is 0 Å². The summed E-state index contributed by atoms with van der Waals surface area (Å²) in [6, 6.07) is 27.5. The van der Waals surface area contributed by atoms with Gasteiger partial charge in [-0.3, -0.25) is 4.79 Å². The molecule has 4 aromatic carbocycles.